The van der Waals surface area contributed by atoms with E-state index in [0.29, 0.717) is 32.3 Å². The molecule has 1 aliphatic heterocycles. The van der Waals surface area contributed by atoms with Gasteiger partial charge >= 0.3 is 0 Å². The maximum Gasteiger partial charge on any atom is 0.239 e. The van der Waals surface area contributed by atoms with Crippen molar-refractivity contribution in [3.8, 4) is 0 Å². The molecule has 21 heavy (non-hydrogen) atoms. The number of aromatic nitrogens is 1. The van der Waals surface area contributed by atoms with E-state index in [1.54, 1.807) is 6.20 Å². The molecule has 2 heterocycles. The normalized spacial score (nSPS) is 24.5. The third kappa shape index (κ3) is 3.40. The van der Waals surface area contributed by atoms with E-state index >= 15 is 0 Å². The Labute approximate surface area is 124 Å². The van der Waals surface area contributed by atoms with Crippen LogP contribution >= 0.6 is 0 Å². The zero-order valence-electron chi connectivity index (χ0n) is 12.1. The van der Waals surface area contributed by atoms with Gasteiger partial charge in [0.15, 0.2) is 0 Å². The molecule has 6 heteroatoms. The first-order valence-corrected chi connectivity index (χ1v) is 7.54. The summed E-state index contributed by atoms with van der Waals surface area (Å²) in [7, 11) is 0. The molecule has 114 valence electrons. The van der Waals surface area contributed by atoms with Crippen LogP contribution in [-0.4, -0.2) is 54.2 Å². The highest BCUT2D eigenvalue weighted by Crippen LogP contribution is 2.24. The largest absolute Gasteiger partial charge is 0.378 e. The van der Waals surface area contributed by atoms with E-state index in [0.717, 1.165) is 18.5 Å². The Morgan fingerprint density at radius 2 is 2.38 bits per heavy atom. The average molecular weight is 290 g/mol. The molecular formula is C15H22N4O2. The molecular weight excluding hydrogens is 268 g/mol. The molecule has 1 amide bonds. The molecule has 2 unspecified atom stereocenters. The number of amides is 1. The van der Waals surface area contributed by atoms with Gasteiger partial charge in [-0.3, -0.25) is 14.7 Å². The van der Waals surface area contributed by atoms with Crippen molar-refractivity contribution < 1.29 is 9.53 Å². The molecule has 0 spiro atoms. The summed E-state index contributed by atoms with van der Waals surface area (Å²) < 4.78 is 5.50. The van der Waals surface area contributed by atoms with Gasteiger partial charge < -0.3 is 15.8 Å². The van der Waals surface area contributed by atoms with Crippen molar-refractivity contribution in [3.63, 3.8) is 0 Å². The highest BCUT2D eigenvalue weighted by Gasteiger charge is 2.36. The fraction of sp³-hybridized carbons (Fsp3) is 0.600. The number of nitrogens with zero attached hydrogens (tertiary/aromatic N) is 2. The van der Waals surface area contributed by atoms with Crippen molar-refractivity contribution >= 4 is 5.91 Å². The fourth-order valence-corrected chi connectivity index (χ4v) is 2.74. The lowest BCUT2D eigenvalue weighted by molar-refractivity contribution is -0.134. The molecule has 1 saturated heterocycles. The second kappa shape index (κ2) is 6.51. The number of carbonyl (C=O) groups excluding carboxylic acids is 1. The Kier molecular flexibility index (Phi) is 4.48. The monoisotopic (exact) mass is 290 g/mol. The Hall–Kier alpha value is -1.50. The van der Waals surface area contributed by atoms with Crippen LogP contribution in [0.3, 0.4) is 0 Å². The molecule has 2 atom stereocenters. The van der Waals surface area contributed by atoms with E-state index in [4.69, 9.17) is 10.5 Å². The first-order chi connectivity index (χ1) is 10.3. The summed E-state index contributed by atoms with van der Waals surface area (Å²) in [4.78, 5) is 18.9. The van der Waals surface area contributed by atoms with E-state index < -0.39 is 0 Å². The standard InChI is InChI=1S/C15H22N4O2/c16-9-13(12-3-1-2-6-17-12)19-7-8-21-10-14(19)15(20)18-11-4-5-11/h1-3,6,11,13-14H,4-5,7-10,16H2,(H,18,20). The fourth-order valence-electron chi connectivity index (χ4n) is 2.74. The van der Waals surface area contributed by atoms with Gasteiger partial charge in [0.1, 0.15) is 6.04 Å². The summed E-state index contributed by atoms with van der Waals surface area (Å²) in [5.74, 6) is 0.0478. The third-order valence-electron chi connectivity index (χ3n) is 4.05. The lowest BCUT2D eigenvalue weighted by atomic mass is 10.1. The van der Waals surface area contributed by atoms with Crippen molar-refractivity contribution in [2.24, 2.45) is 5.73 Å². The number of nitrogens with one attached hydrogen (secondary N) is 1. The van der Waals surface area contributed by atoms with Crippen molar-refractivity contribution in [1.82, 2.24) is 15.2 Å². The summed E-state index contributed by atoms with van der Waals surface area (Å²) >= 11 is 0. The summed E-state index contributed by atoms with van der Waals surface area (Å²) in [6.45, 7) is 2.17. The van der Waals surface area contributed by atoms with Gasteiger partial charge in [-0.1, -0.05) is 6.07 Å². The van der Waals surface area contributed by atoms with E-state index in [-0.39, 0.29) is 18.0 Å². The van der Waals surface area contributed by atoms with Crippen molar-refractivity contribution in [1.29, 1.82) is 0 Å². The predicted molar refractivity (Wildman–Crippen MR) is 78.5 cm³/mol. The minimum Gasteiger partial charge on any atom is -0.378 e. The van der Waals surface area contributed by atoms with Gasteiger partial charge in [0.25, 0.3) is 0 Å². The number of pyridine rings is 1. The van der Waals surface area contributed by atoms with Gasteiger partial charge in [-0.25, -0.2) is 0 Å². The first kappa shape index (κ1) is 14.4. The van der Waals surface area contributed by atoms with Crippen LogP contribution in [0.2, 0.25) is 0 Å². The molecule has 1 saturated carbocycles. The molecule has 1 aliphatic carbocycles. The summed E-state index contributed by atoms with van der Waals surface area (Å²) in [5, 5.41) is 3.06. The number of hydrogen-bond acceptors (Lipinski definition) is 5. The van der Waals surface area contributed by atoms with E-state index in [1.165, 1.54) is 0 Å². The molecule has 3 N–H and O–H groups in total. The minimum atomic E-state index is -0.282. The Morgan fingerprint density at radius 1 is 1.52 bits per heavy atom. The lowest BCUT2D eigenvalue weighted by Crippen LogP contribution is -2.56. The van der Waals surface area contributed by atoms with Crippen molar-refractivity contribution in [2.75, 3.05) is 26.3 Å². The van der Waals surface area contributed by atoms with Crippen LogP contribution in [0, 0.1) is 0 Å². The van der Waals surface area contributed by atoms with E-state index in [2.05, 4.69) is 15.2 Å². The highest BCUT2D eigenvalue weighted by atomic mass is 16.5. The van der Waals surface area contributed by atoms with E-state index in [9.17, 15) is 4.79 Å². The molecule has 1 aromatic rings. The van der Waals surface area contributed by atoms with Gasteiger partial charge in [0, 0.05) is 25.3 Å². The average Bonchev–Trinajstić information content (AvgIpc) is 3.33. The van der Waals surface area contributed by atoms with Crippen molar-refractivity contribution in [2.45, 2.75) is 31.0 Å². The van der Waals surface area contributed by atoms with Crippen LogP contribution in [0.5, 0.6) is 0 Å². The quantitative estimate of drug-likeness (QED) is 0.801. The molecule has 6 nitrogen and oxygen atoms in total. The molecule has 0 radical (unpaired) electrons. The number of rotatable bonds is 5. The molecule has 2 aliphatic rings. The summed E-state index contributed by atoms with van der Waals surface area (Å²) in [6.07, 6.45) is 3.93. The zero-order chi connectivity index (χ0) is 14.7. The predicted octanol–water partition coefficient (Wildman–Crippen LogP) is 0.0608. The van der Waals surface area contributed by atoms with Gasteiger partial charge in [-0.2, -0.15) is 0 Å². The van der Waals surface area contributed by atoms with Crippen LogP contribution in [-0.2, 0) is 9.53 Å². The Morgan fingerprint density at radius 3 is 3.05 bits per heavy atom. The van der Waals surface area contributed by atoms with Crippen LogP contribution in [0.15, 0.2) is 24.4 Å². The number of hydrogen-bond donors (Lipinski definition) is 2. The molecule has 3 rings (SSSR count). The first-order valence-electron chi connectivity index (χ1n) is 7.54. The molecule has 2 fully saturated rings. The lowest BCUT2D eigenvalue weighted by Gasteiger charge is -2.39. The second-order valence-corrected chi connectivity index (χ2v) is 5.62. The van der Waals surface area contributed by atoms with E-state index in [1.807, 2.05) is 18.2 Å². The molecule has 0 bridgehead atoms. The second-order valence-electron chi connectivity index (χ2n) is 5.62. The number of carbonyl (C=O) groups is 1. The van der Waals surface area contributed by atoms with Crippen LogP contribution in [0.25, 0.3) is 0 Å². The number of ether oxygens (including phenoxy) is 1. The Balaban J connectivity index is 1.76. The third-order valence-corrected chi connectivity index (χ3v) is 4.05. The smallest absolute Gasteiger partial charge is 0.239 e. The number of nitrogens with two attached hydrogens (primary N) is 1. The van der Waals surface area contributed by atoms with Gasteiger partial charge in [-0.15, -0.1) is 0 Å². The molecule has 1 aromatic heterocycles. The minimum absolute atomic E-state index is 0.0478. The maximum atomic E-state index is 12.4. The number of morpholine rings is 1. The summed E-state index contributed by atoms with van der Waals surface area (Å²) in [5.41, 5.74) is 6.87. The zero-order valence-corrected chi connectivity index (χ0v) is 12.1. The summed E-state index contributed by atoms with van der Waals surface area (Å²) in [6, 6.07) is 5.81. The topological polar surface area (TPSA) is 80.5 Å². The van der Waals surface area contributed by atoms with Crippen LogP contribution < -0.4 is 11.1 Å². The van der Waals surface area contributed by atoms with Gasteiger partial charge in [-0.05, 0) is 25.0 Å². The molecule has 0 aromatic carbocycles. The highest BCUT2D eigenvalue weighted by molar-refractivity contribution is 5.82. The Bertz CT molecular complexity index is 478. The van der Waals surface area contributed by atoms with Crippen molar-refractivity contribution in [3.05, 3.63) is 30.1 Å². The van der Waals surface area contributed by atoms with Gasteiger partial charge in [0.05, 0.1) is 24.9 Å². The van der Waals surface area contributed by atoms with Crippen LogP contribution in [0.1, 0.15) is 24.6 Å². The van der Waals surface area contributed by atoms with Crippen LogP contribution in [0.4, 0.5) is 0 Å². The maximum absolute atomic E-state index is 12.4. The van der Waals surface area contributed by atoms with Gasteiger partial charge in [0.2, 0.25) is 5.91 Å². The SMILES string of the molecule is NCC(c1ccccn1)N1CCOCC1C(=O)NC1CC1.